The van der Waals surface area contributed by atoms with Crippen LogP contribution in [0.4, 0.5) is 4.39 Å². The molecule has 5 nitrogen and oxygen atoms in total. The number of rotatable bonds is 7. The molecule has 1 atom stereocenters. The zero-order valence-electron chi connectivity index (χ0n) is 14.9. The molecule has 0 unspecified atom stereocenters. The van der Waals surface area contributed by atoms with Crippen LogP contribution in [0.3, 0.4) is 0 Å². The molecule has 1 N–H and O–H groups in total. The molecule has 0 radical (unpaired) electrons. The number of benzene rings is 2. The first-order chi connectivity index (χ1) is 12.9. The summed E-state index contributed by atoms with van der Waals surface area (Å²) in [7, 11) is 1.57. The van der Waals surface area contributed by atoms with Crippen LogP contribution in [0, 0.1) is 5.82 Å². The van der Waals surface area contributed by atoms with E-state index in [4.69, 9.17) is 21.1 Å². The lowest BCUT2D eigenvalue weighted by Crippen LogP contribution is -2.38. The number of carbonyl (C=O) groups excluding carboxylic acids is 2. The van der Waals surface area contributed by atoms with Crippen molar-refractivity contribution in [2.24, 2.45) is 0 Å². The SMILES string of the molecule is COc1ccc(C=CC(=O)N[C@@H](C)C(=O)OCc2c(F)cccc2Cl)cc1. The number of hydrogen-bond acceptors (Lipinski definition) is 4. The van der Waals surface area contributed by atoms with Crippen molar-refractivity contribution in [2.45, 2.75) is 19.6 Å². The lowest BCUT2D eigenvalue weighted by atomic mass is 10.2. The average molecular weight is 392 g/mol. The van der Waals surface area contributed by atoms with E-state index in [1.54, 1.807) is 37.5 Å². The largest absolute Gasteiger partial charge is 0.497 e. The quantitative estimate of drug-likeness (QED) is 0.576. The van der Waals surface area contributed by atoms with E-state index in [1.807, 2.05) is 0 Å². The van der Waals surface area contributed by atoms with Crippen LogP contribution in [0.5, 0.6) is 5.75 Å². The summed E-state index contributed by atoms with van der Waals surface area (Å²) in [5.41, 5.74) is 0.890. The fourth-order valence-electron chi connectivity index (χ4n) is 2.15. The van der Waals surface area contributed by atoms with E-state index in [0.717, 1.165) is 5.56 Å². The number of nitrogens with one attached hydrogen (secondary N) is 1. The van der Waals surface area contributed by atoms with Gasteiger partial charge in [-0.3, -0.25) is 4.79 Å². The van der Waals surface area contributed by atoms with Crippen molar-refractivity contribution < 1.29 is 23.5 Å². The van der Waals surface area contributed by atoms with Crippen molar-refractivity contribution in [3.63, 3.8) is 0 Å². The van der Waals surface area contributed by atoms with Crippen LogP contribution < -0.4 is 10.1 Å². The molecule has 142 valence electrons. The number of ether oxygens (including phenoxy) is 2. The average Bonchev–Trinajstić information content (AvgIpc) is 2.66. The standard InChI is InChI=1S/C20H19ClFNO4/c1-13(20(25)27-12-16-17(21)4-3-5-18(16)22)23-19(24)11-8-14-6-9-15(26-2)10-7-14/h3-11,13H,12H2,1-2H3,(H,23,24)/t13-/m0/s1. The highest BCUT2D eigenvalue weighted by atomic mass is 35.5. The Balaban J connectivity index is 1.85. The number of amides is 1. The van der Waals surface area contributed by atoms with Crippen LogP contribution in [-0.2, 0) is 20.9 Å². The summed E-state index contributed by atoms with van der Waals surface area (Å²) in [6.45, 7) is 1.16. The Bertz CT molecular complexity index is 816. The van der Waals surface area contributed by atoms with Gasteiger partial charge in [-0.25, -0.2) is 9.18 Å². The third-order valence-electron chi connectivity index (χ3n) is 3.68. The van der Waals surface area contributed by atoms with Gasteiger partial charge in [0.05, 0.1) is 12.1 Å². The topological polar surface area (TPSA) is 64.6 Å². The molecule has 0 aliphatic heterocycles. The lowest BCUT2D eigenvalue weighted by Gasteiger charge is -2.13. The second kappa shape index (κ2) is 9.73. The Labute approximate surface area is 161 Å². The highest BCUT2D eigenvalue weighted by Gasteiger charge is 2.17. The molecule has 2 aromatic rings. The summed E-state index contributed by atoms with van der Waals surface area (Å²) >= 11 is 5.88. The van der Waals surface area contributed by atoms with E-state index >= 15 is 0 Å². The summed E-state index contributed by atoms with van der Waals surface area (Å²) in [6, 6.07) is 10.4. The fraction of sp³-hybridized carbons (Fsp3) is 0.200. The molecule has 27 heavy (non-hydrogen) atoms. The summed E-state index contributed by atoms with van der Waals surface area (Å²) in [5, 5.41) is 2.65. The Morgan fingerprint density at radius 1 is 1.22 bits per heavy atom. The van der Waals surface area contributed by atoms with Gasteiger partial charge < -0.3 is 14.8 Å². The highest BCUT2D eigenvalue weighted by molar-refractivity contribution is 6.31. The van der Waals surface area contributed by atoms with Crippen molar-refractivity contribution in [1.29, 1.82) is 0 Å². The molecule has 1 amide bonds. The minimum Gasteiger partial charge on any atom is -0.497 e. The normalized spacial score (nSPS) is 11.9. The molecule has 0 saturated heterocycles. The molecule has 0 aliphatic carbocycles. The minimum atomic E-state index is -0.899. The van der Waals surface area contributed by atoms with Crippen LogP contribution in [0.25, 0.3) is 6.08 Å². The molecule has 0 aromatic heterocycles. The first-order valence-electron chi connectivity index (χ1n) is 8.13. The first kappa shape index (κ1) is 20.5. The Morgan fingerprint density at radius 3 is 2.56 bits per heavy atom. The zero-order valence-corrected chi connectivity index (χ0v) is 15.6. The van der Waals surface area contributed by atoms with Crippen molar-refractivity contribution in [3.05, 3.63) is 70.5 Å². The number of carbonyl (C=O) groups is 2. The van der Waals surface area contributed by atoms with Gasteiger partial charge in [0.25, 0.3) is 0 Å². The smallest absolute Gasteiger partial charge is 0.328 e. The van der Waals surface area contributed by atoms with Crippen LogP contribution in [0.2, 0.25) is 5.02 Å². The Hall–Kier alpha value is -2.86. The van der Waals surface area contributed by atoms with Crippen LogP contribution in [0.15, 0.2) is 48.5 Å². The molecule has 0 heterocycles. The van der Waals surface area contributed by atoms with Crippen molar-refractivity contribution in [1.82, 2.24) is 5.32 Å². The molecule has 0 aliphatic rings. The monoisotopic (exact) mass is 391 g/mol. The van der Waals surface area contributed by atoms with Crippen molar-refractivity contribution >= 4 is 29.6 Å². The molecule has 0 bridgehead atoms. The zero-order chi connectivity index (χ0) is 19.8. The van der Waals surface area contributed by atoms with E-state index in [1.165, 1.54) is 31.2 Å². The molecule has 2 rings (SSSR count). The highest BCUT2D eigenvalue weighted by Crippen LogP contribution is 2.19. The van der Waals surface area contributed by atoms with Crippen LogP contribution in [0.1, 0.15) is 18.1 Å². The van der Waals surface area contributed by atoms with Crippen LogP contribution >= 0.6 is 11.6 Å². The second-order valence-electron chi connectivity index (χ2n) is 5.64. The van der Waals surface area contributed by atoms with E-state index in [-0.39, 0.29) is 17.2 Å². The van der Waals surface area contributed by atoms with Crippen molar-refractivity contribution in [2.75, 3.05) is 7.11 Å². The van der Waals surface area contributed by atoms with E-state index in [2.05, 4.69) is 5.32 Å². The number of methoxy groups -OCH3 is 1. The number of hydrogen-bond donors (Lipinski definition) is 1. The van der Waals surface area contributed by atoms with Gasteiger partial charge in [-0.15, -0.1) is 0 Å². The van der Waals surface area contributed by atoms with Gasteiger partial charge in [-0.2, -0.15) is 0 Å². The molecule has 0 saturated carbocycles. The predicted octanol–water partition coefficient (Wildman–Crippen LogP) is 3.75. The summed E-state index contributed by atoms with van der Waals surface area (Å²) in [4.78, 5) is 23.9. The van der Waals surface area contributed by atoms with E-state index in [0.29, 0.717) is 5.75 Å². The maximum atomic E-state index is 13.7. The molecular formula is C20H19ClFNO4. The van der Waals surface area contributed by atoms with E-state index in [9.17, 15) is 14.0 Å². The Morgan fingerprint density at radius 2 is 1.93 bits per heavy atom. The molecule has 7 heteroatoms. The molecule has 2 aromatic carbocycles. The summed E-state index contributed by atoms with van der Waals surface area (Å²) in [5.74, 6) is -1.00. The number of halogens is 2. The minimum absolute atomic E-state index is 0.0884. The molecular weight excluding hydrogens is 373 g/mol. The van der Waals surface area contributed by atoms with Crippen LogP contribution in [-0.4, -0.2) is 25.0 Å². The fourth-order valence-corrected chi connectivity index (χ4v) is 2.36. The second-order valence-corrected chi connectivity index (χ2v) is 6.05. The van der Waals surface area contributed by atoms with Gasteiger partial charge in [-0.05, 0) is 42.8 Å². The van der Waals surface area contributed by atoms with Gasteiger partial charge in [0.15, 0.2) is 0 Å². The molecule has 0 spiro atoms. The van der Waals surface area contributed by atoms with Crippen molar-refractivity contribution in [3.8, 4) is 5.75 Å². The number of esters is 1. The molecule has 0 fully saturated rings. The van der Waals surface area contributed by atoms with Gasteiger partial charge >= 0.3 is 5.97 Å². The predicted molar refractivity (Wildman–Crippen MR) is 101 cm³/mol. The first-order valence-corrected chi connectivity index (χ1v) is 8.50. The Kier molecular flexibility index (Phi) is 7.37. The maximum Gasteiger partial charge on any atom is 0.328 e. The summed E-state index contributed by atoms with van der Waals surface area (Å²) < 4.78 is 23.7. The van der Waals surface area contributed by atoms with Gasteiger partial charge in [0.2, 0.25) is 5.91 Å². The van der Waals surface area contributed by atoms with Gasteiger partial charge in [0.1, 0.15) is 24.2 Å². The lowest BCUT2D eigenvalue weighted by molar-refractivity contribution is -0.148. The third kappa shape index (κ3) is 6.11. The van der Waals surface area contributed by atoms with E-state index < -0.39 is 23.7 Å². The van der Waals surface area contributed by atoms with Gasteiger partial charge in [-0.1, -0.05) is 29.8 Å². The third-order valence-corrected chi connectivity index (χ3v) is 4.03. The maximum absolute atomic E-state index is 13.7. The van der Waals surface area contributed by atoms with Gasteiger partial charge in [0, 0.05) is 11.6 Å². The summed E-state index contributed by atoms with van der Waals surface area (Å²) in [6.07, 6.45) is 2.91.